The molecule has 1 aromatic carbocycles. The number of amides is 2. The summed E-state index contributed by atoms with van der Waals surface area (Å²) < 4.78 is 10.8. The number of ether oxygens (including phenoxy) is 1. The van der Waals surface area contributed by atoms with Gasteiger partial charge in [0.2, 0.25) is 11.8 Å². The smallest absolute Gasteiger partial charge is 0.309 e. The number of piperidine rings is 1. The number of benzene rings is 1. The molecule has 1 aromatic heterocycles. The summed E-state index contributed by atoms with van der Waals surface area (Å²) in [6, 6.07) is 4.13. The first-order valence-corrected chi connectivity index (χ1v) is 11.4. The molecule has 1 aliphatic heterocycles. The van der Waals surface area contributed by atoms with Crippen LogP contribution in [0.1, 0.15) is 56.2 Å². The molecular weight excluding hydrogens is 408 g/mol. The van der Waals surface area contributed by atoms with Crippen LogP contribution in [-0.4, -0.2) is 60.9 Å². The average molecular weight is 443 g/mol. The summed E-state index contributed by atoms with van der Waals surface area (Å²) >= 11 is 0. The molecule has 174 valence electrons. The summed E-state index contributed by atoms with van der Waals surface area (Å²) in [5.41, 5.74) is 4.02. The van der Waals surface area contributed by atoms with Crippen LogP contribution < -0.4 is 0 Å². The first kappa shape index (κ1) is 23.8. The van der Waals surface area contributed by atoms with Gasteiger partial charge in [-0.25, -0.2) is 0 Å². The van der Waals surface area contributed by atoms with E-state index in [0.717, 1.165) is 16.5 Å². The number of rotatable bonds is 7. The summed E-state index contributed by atoms with van der Waals surface area (Å²) in [6.45, 7) is 9.56. The number of esters is 1. The third-order valence-corrected chi connectivity index (χ3v) is 6.27. The van der Waals surface area contributed by atoms with Crippen LogP contribution in [0.3, 0.4) is 0 Å². The molecule has 2 heterocycles. The SMILES string of the molecule is CCOC(=O)C1CCN(C(=O)CN(C)C(=O)Cc2coc3cc(C)c(C(C)C)cc23)CC1. The highest BCUT2D eigenvalue weighted by Gasteiger charge is 2.29. The van der Waals surface area contributed by atoms with Crippen LogP contribution in [0.4, 0.5) is 0 Å². The Kier molecular flexibility index (Phi) is 7.59. The number of hydrogen-bond acceptors (Lipinski definition) is 5. The fourth-order valence-corrected chi connectivity index (χ4v) is 4.32. The fourth-order valence-electron chi connectivity index (χ4n) is 4.32. The summed E-state index contributed by atoms with van der Waals surface area (Å²) in [6.07, 6.45) is 3.02. The minimum atomic E-state index is -0.185. The molecule has 0 radical (unpaired) electrons. The van der Waals surface area contributed by atoms with Gasteiger partial charge in [-0.2, -0.15) is 0 Å². The second-order valence-electron chi connectivity index (χ2n) is 8.95. The van der Waals surface area contributed by atoms with Gasteiger partial charge in [-0.05, 0) is 55.9 Å². The molecular formula is C25H34N2O5. The lowest BCUT2D eigenvalue weighted by molar-refractivity contribution is -0.151. The number of fused-ring (bicyclic) bond motifs is 1. The number of carbonyl (C=O) groups excluding carboxylic acids is 3. The predicted molar refractivity (Wildman–Crippen MR) is 122 cm³/mol. The van der Waals surface area contributed by atoms with Crippen molar-refractivity contribution in [1.29, 1.82) is 0 Å². The molecule has 0 bridgehead atoms. The Hall–Kier alpha value is -2.83. The van der Waals surface area contributed by atoms with E-state index in [1.807, 2.05) is 6.07 Å². The molecule has 7 heteroatoms. The second kappa shape index (κ2) is 10.2. The normalized spacial score (nSPS) is 14.8. The van der Waals surface area contributed by atoms with Crippen molar-refractivity contribution in [3.63, 3.8) is 0 Å². The van der Waals surface area contributed by atoms with Crippen molar-refractivity contribution in [2.45, 2.75) is 52.9 Å². The largest absolute Gasteiger partial charge is 0.466 e. The molecule has 2 amide bonds. The van der Waals surface area contributed by atoms with Crippen LogP contribution in [0.25, 0.3) is 11.0 Å². The van der Waals surface area contributed by atoms with E-state index in [2.05, 4.69) is 26.8 Å². The molecule has 0 aliphatic carbocycles. The zero-order chi connectivity index (χ0) is 23.4. The predicted octanol–water partition coefficient (Wildman–Crippen LogP) is 3.67. The maximum Gasteiger partial charge on any atom is 0.309 e. The van der Waals surface area contributed by atoms with Crippen molar-refractivity contribution in [2.24, 2.45) is 5.92 Å². The highest BCUT2D eigenvalue weighted by Crippen LogP contribution is 2.29. The van der Waals surface area contributed by atoms with Gasteiger partial charge in [-0.1, -0.05) is 13.8 Å². The zero-order valence-electron chi connectivity index (χ0n) is 19.8. The van der Waals surface area contributed by atoms with Crippen molar-refractivity contribution < 1.29 is 23.5 Å². The molecule has 7 nitrogen and oxygen atoms in total. The molecule has 1 fully saturated rings. The molecule has 3 rings (SSSR count). The average Bonchev–Trinajstić information content (AvgIpc) is 3.14. The van der Waals surface area contributed by atoms with E-state index in [4.69, 9.17) is 9.15 Å². The number of likely N-dealkylation sites (N-methyl/N-ethyl adjacent to an activating group) is 1. The highest BCUT2D eigenvalue weighted by molar-refractivity contribution is 5.90. The molecule has 0 N–H and O–H groups in total. The summed E-state index contributed by atoms with van der Waals surface area (Å²) in [5.74, 6) is -0.180. The van der Waals surface area contributed by atoms with Crippen LogP contribution in [0.15, 0.2) is 22.8 Å². The van der Waals surface area contributed by atoms with E-state index in [1.165, 1.54) is 16.0 Å². The Morgan fingerprint density at radius 3 is 2.53 bits per heavy atom. The van der Waals surface area contributed by atoms with Crippen LogP contribution in [0.2, 0.25) is 0 Å². The van der Waals surface area contributed by atoms with Gasteiger partial charge in [-0.3, -0.25) is 14.4 Å². The minimum Gasteiger partial charge on any atom is -0.466 e. The third-order valence-electron chi connectivity index (χ3n) is 6.27. The van der Waals surface area contributed by atoms with Crippen molar-refractivity contribution in [3.8, 4) is 0 Å². The van der Waals surface area contributed by atoms with Crippen LogP contribution in [-0.2, 0) is 25.5 Å². The Balaban J connectivity index is 1.58. The van der Waals surface area contributed by atoms with E-state index < -0.39 is 0 Å². The van der Waals surface area contributed by atoms with Gasteiger partial charge in [0.25, 0.3) is 0 Å². The lowest BCUT2D eigenvalue weighted by Crippen LogP contribution is -2.45. The molecule has 0 unspecified atom stereocenters. The van der Waals surface area contributed by atoms with Gasteiger partial charge in [0.05, 0.1) is 31.8 Å². The topological polar surface area (TPSA) is 80.1 Å². The Morgan fingerprint density at radius 2 is 1.91 bits per heavy atom. The first-order valence-electron chi connectivity index (χ1n) is 11.4. The first-order chi connectivity index (χ1) is 15.2. The minimum absolute atomic E-state index is 0.0229. The summed E-state index contributed by atoms with van der Waals surface area (Å²) in [7, 11) is 1.65. The summed E-state index contributed by atoms with van der Waals surface area (Å²) in [5, 5.41) is 0.952. The molecule has 2 aromatic rings. The number of nitrogens with zero attached hydrogens (tertiary/aromatic N) is 2. The second-order valence-corrected chi connectivity index (χ2v) is 8.95. The van der Waals surface area contributed by atoms with E-state index >= 15 is 0 Å². The number of aryl methyl sites for hydroxylation is 1. The van der Waals surface area contributed by atoms with E-state index in [9.17, 15) is 14.4 Å². The quantitative estimate of drug-likeness (QED) is 0.612. The van der Waals surface area contributed by atoms with Crippen molar-refractivity contribution >= 4 is 28.8 Å². The lowest BCUT2D eigenvalue weighted by Gasteiger charge is -2.32. The van der Waals surface area contributed by atoms with Crippen LogP contribution >= 0.6 is 0 Å². The lowest BCUT2D eigenvalue weighted by atomic mass is 9.95. The van der Waals surface area contributed by atoms with Gasteiger partial charge < -0.3 is 19.0 Å². The number of hydrogen-bond donors (Lipinski definition) is 0. The molecule has 0 atom stereocenters. The maximum absolute atomic E-state index is 12.8. The monoisotopic (exact) mass is 442 g/mol. The van der Waals surface area contributed by atoms with Crippen LogP contribution in [0, 0.1) is 12.8 Å². The zero-order valence-corrected chi connectivity index (χ0v) is 19.8. The van der Waals surface area contributed by atoms with Gasteiger partial charge in [0.15, 0.2) is 0 Å². The Bertz CT molecular complexity index is 986. The number of furan rings is 1. The van der Waals surface area contributed by atoms with Gasteiger partial charge >= 0.3 is 5.97 Å². The van der Waals surface area contributed by atoms with Gasteiger partial charge in [-0.15, -0.1) is 0 Å². The Morgan fingerprint density at radius 1 is 1.22 bits per heavy atom. The maximum atomic E-state index is 12.8. The molecule has 1 saturated heterocycles. The van der Waals surface area contributed by atoms with Crippen molar-refractivity contribution in [1.82, 2.24) is 9.80 Å². The fraction of sp³-hybridized carbons (Fsp3) is 0.560. The van der Waals surface area contributed by atoms with E-state index in [1.54, 1.807) is 25.1 Å². The van der Waals surface area contributed by atoms with E-state index in [-0.39, 0.29) is 36.7 Å². The molecule has 0 saturated carbocycles. The van der Waals surface area contributed by atoms with Gasteiger partial charge in [0, 0.05) is 31.1 Å². The molecule has 0 spiro atoms. The van der Waals surface area contributed by atoms with Crippen molar-refractivity contribution in [3.05, 3.63) is 35.1 Å². The number of carbonyl (C=O) groups is 3. The van der Waals surface area contributed by atoms with Crippen LogP contribution in [0.5, 0.6) is 0 Å². The van der Waals surface area contributed by atoms with Gasteiger partial charge in [0.1, 0.15) is 5.58 Å². The van der Waals surface area contributed by atoms with Crippen molar-refractivity contribution in [2.75, 3.05) is 33.3 Å². The third kappa shape index (κ3) is 5.31. The summed E-state index contributed by atoms with van der Waals surface area (Å²) in [4.78, 5) is 40.6. The molecule has 1 aliphatic rings. The number of likely N-dealkylation sites (tertiary alicyclic amines) is 1. The highest BCUT2D eigenvalue weighted by atomic mass is 16.5. The Labute approximate surface area is 189 Å². The molecule has 32 heavy (non-hydrogen) atoms. The van der Waals surface area contributed by atoms with E-state index in [0.29, 0.717) is 38.5 Å². The standard InChI is InChI=1S/C25H34N2O5/c1-6-31-25(30)18-7-9-27(10-8-18)24(29)14-26(5)23(28)12-19-15-32-22-11-17(4)20(16(2)3)13-21(19)22/h11,13,15-16,18H,6-10,12,14H2,1-5H3.